The fraction of sp³-hybridized carbons (Fsp3) is 0.316. The van der Waals surface area contributed by atoms with Crippen molar-refractivity contribution in [3.05, 3.63) is 59.3 Å². The zero-order chi connectivity index (χ0) is 23.8. The van der Waals surface area contributed by atoms with Gasteiger partial charge in [0.05, 0.1) is 25.3 Å². The lowest BCUT2D eigenvalue weighted by Gasteiger charge is -2.26. The van der Waals surface area contributed by atoms with Gasteiger partial charge in [0.1, 0.15) is 10.7 Å². The Morgan fingerprint density at radius 3 is 2.55 bits per heavy atom. The summed E-state index contributed by atoms with van der Waals surface area (Å²) in [6.45, 7) is 0.146. The second-order valence-corrected chi connectivity index (χ2v) is 9.01. The van der Waals surface area contributed by atoms with E-state index in [1.807, 2.05) is 0 Å². The summed E-state index contributed by atoms with van der Waals surface area (Å²) in [4.78, 5) is 11.9. The molecular weight excluding hydrogens is 470 g/mol. The van der Waals surface area contributed by atoms with Crippen LogP contribution in [0.15, 0.2) is 41.4 Å². The summed E-state index contributed by atoms with van der Waals surface area (Å²) < 4.78 is 86.1. The number of rotatable bonds is 5. The van der Waals surface area contributed by atoms with E-state index >= 15 is 0 Å². The largest absolute Gasteiger partial charge is 0.417 e. The van der Waals surface area contributed by atoms with Gasteiger partial charge in [0.15, 0.2) is 11.5 Å². The van der Waals surface area contributed by atoms with Gasteiger partial charge < -0.3 is 10.1 Å². The Morgan fingerprint density at radius 1 is 1.12 bits per heavy atom. The molecule has 0 unspecified atom stereocenters. The predicted octanol–water partition coefficient (Wildman–Crippen LogP) is 1.84. The van der Waals surface area contributed by atoms with Gasteiger partial charge in [-0.25, -0.2) is 12.8 Å². The van der Waals surface area contributed by atoms with E-state index in [-0.39, 0.29) is 49.9 Å². The first-order valence-corrected chi connectivity index (χ1v) is 11.1. The van der Waals surface area contributed by atoms with Crippen LogP contribution in [0.1, 0.15) is 21.7 Å². The number of amides is 1. The summed E-state index contributed by atoms with van der Waals surface area (Å²) >= 11 is 0. The van der Waals surface area contributed by atoms with Gasteiger partial charge in [-0.15, -0.1) is 10.2 Å². The van der Waals surface area contributed by atoms with Gasteiger partial charge in [-0.3, -0.25) is 9.20 Å². The Kier molecular flexibility index (Phi) is 6.07. The minimum absolute atomic E-state index is 0.0210. The average molecular weight is 487 g/mol. The van der Waals surface area contributed by atoms with Crippen LogP contribution in [0.4, 0.5) is 17.6 Å². The minimum atomic E-state index is -4.57. The molecule has 0 saturated carbocycles. The number of fused-ring (bicyclic) bond motifs is 1. The molecule has 1 aliphatic rings. The van der Waals surface area contributed by atoms with Crippen molar-refractivity contribution in [3.8, 4) is 0 Å². The van der Waals surface area contributed by atoms with Gasteiger partial charge in [-0.1, -0.05) is 0 Å². The van der Waals surface area contributed by atoms with Gasteiger partial charge in [-0.2, -0.15) is 17.5 Å². The molecule has 1 saturated heterocycles. The molecule has 176 valence electrons. The molecule has 9 nitrogen and oxygen atoms in total. The summed E-state index contributed by atoms with van der Waals surface area (Å²) in [6, 6.07) is 4.89. The van der Waals surface area contributed by atoms with Crippen molar-refractivity contribution in [2.45, 2.75) is 17.6 Å². The van der Waals surface area contributed by atoms with Gasteiger partial charge in [0, 0.05) is 24.8 Å². The number of aromatic nitrogens is 3. The van der Waals surface area contributed by atoms with E-state index in [4.69, 9.17) is 4.74 Å². The van der Waals surface area contributed by atoms with Crippen molar-refractivity contribution < 1.29 is 35.5 Å². The van der Waals surface area contributed by atoms with Crippen LogP contribution in [-0.4, -0.2) is 59.5 Å². The molecule has 1 aliphatic heterocycles. The van der Waals surface area contributed by atoms with E-state index in [0.717, 1.165) is 45.2 Å². The van der Waals surface area contributed by atoms with Crippen LogP contribution >= 0.6 is 0 Å². The van der Waals surface area contributed by atoms with E-state index in [1.54, 1.807) is 0 Å². The minimum Gasteiger partial charge on any atom is -0.379 e. The molecule has 33 heavy (non-hydrogen) atoms. The maximum atomic E-state index is 14.3. The number of carbonyl (C=O) groups is 1. The number of nitrogens with zero attached hydrogens (tertiary/aromatic N) is 4. The van der Waals surface area contributed by atoms with Gasteiger partial charge in [-0.05, 0) is 30.3 Å². The number of pyridine rings is 1. The van der Waals surface area contributed by atoms with Crippen LogP contribution in [0.5, 0.6) is 0 Å². The highest BCUT2D eigenvalue weighted by Crippen LogP contribution is 2.29. The van der Waals surface area contributed by atoms with E-state index in [0.29, 0.717) is 0 Å². The monoisotopic (exact) mass is 487 g/mol. The first-order valence-electron chi connectivity index (χ1n) is 9.64. The third-order valence-electron chi connectivity index (χ3n) is 4.99. The predicted molar refractivity (Wildman–Crippen MR) is 105 cm³/mol. The van der Waals surface area contributed by atoms with Gasteiger partial charge >= 0.3 is 6.18 Å². The normalized spacial score (nSPS) is 15.6. The van der Waals surface area contributed by atoms with Crippen molar-refractivity contribution in [1.82, 2.24) is 24.2 Å². The average Bonchev–Trinajstić information content (AvgIpc) is 3.20. The Balaban J connectivity index is 1.54. The number of halogens is 4. The first kappa shape index (κ1) is 23.1. The molecule has 1 N–H and O–H groups in total. The van der Waals surface area contributed by atoms with Crippen molar-refractivity contribution >= 4 is 21.6 Å². The van der Waals surface area contributed by atoms with E-state index in [1.165, 1.54) is 0 Å². The molecule has 0 aliphatic carbocycles. The van der Waals surface area contributed by atoms with Crippen LogP contribution in [0, 0.1) is 5.82 Å². The molecule has 3 heterocycles. The van der Waals surface area contributed by atoms with E-state index < -0.39 is 38.4 Å². The third-order valence-corrected chi connectivity index (χ3v) is 6.90. The van der Waals surface area contributed by atoms with Crippen molar-refractivity contribution in [2.24, 2.45) is 0 Å². The molecule has 1 amide bonds. The Labute approximate surface area is 185 Å². The number of morpholine rings is 1. The number of hydrogen-bond acceptors (Lipinski definition) is 6. The lowest BCUT2D eigenvalue weighted by Crippen LogP contribution is -2.41. The second kappa shape index (κ2) is 8.68. The Hall–Kier alpha value is -3.10. The van der Waals surface area contributed by atoms with Crippen LogP contribution in [-0.2, 0) is 27.5 Å². The molecule has 1 aromatic carbocycles. The molecule has 3 aromatic rings. The van der Waals surface area contributed by atoms with Crippen LogP contribution in [0.2, 0.25) is 0 Å². The SMILES string of the molecule is O=C(NCc1nnc2ccc(C(F)(F)F)cn12)c1ccc(F)c(S(=O)(=O)N2CCOCC2)c1. The third kappa shape index (κ3) is 4.67. The van der Waals surface area contributed by atoms with Crippen LogP contribution in [0.3, 0.4) is 0 Å². The summed E-state index contributed by atoms with van der Waals surface area (Å²) in [5.74, 6) is -1.76. The molecule has 0 atom stereocenters. The fourth-order valence-corrected chi connectivity index (χ4v) is 4.75. The Bertz CT molecular complexity index is 1300. The lowest BCUT2D eigenvalue weighted by molar-refractivity contribution is -0.137. The van der Waals surface area contributed by atoms with Crippen molar-refractivity contribution in [2.75, 3.05) is 26.3 Å². The molecule has 1 fully saturated rings. The van der Waals surface area contributed by atoms with E-state index in [2.05, 4.69) is 15.5 Å². The highest BCUT2D eigenvalue weighted by molar-refractivity contribution is 7.89. The lowest BCUT2D eigenvalue weighted by atomic mass is 10.2. The molecule has 0 bridgehead atoms. The number of alkyl halides is 3. The number of hydrogen-bond donors (Lipinski definition) is 1. The maximum Gasteiger partial charge on any atom is 0.417 e. The Morgan fingerprint density at radius 2 is 1.85 bits per heavy atom. The number of ether oxygens (including phenoxy) is 1. The highest BCUT2D eigenvalue weighted by atomic mass is 32.2. The number of sulfonamides is 1. The highest BCUT2D eigenvalue weighted by Gasteiger charge is 2.32. The van der Waals surface area contributed by atoms with Crippen LogP contribution in [0.25, 0.3) is 5.65 Å². The smallest absolute Gasteiger partial charge is 0.379 e. The first-order chi connectivity index (χ1) is 15.6. The van der Waals surface area contributed by atoms with E-state index in [9.17, 15) is 30.8 Å². The van der Waals surface area contributed by atoms with Crippen LogP contribution < -0.4 is 5.32 Å². The summed E-state index contributed by atoms with van der Waals surface area (Å²) in [5.41, 5.74) is -0.917. The quantitative estimate of drug-likeness (QED) is 0.551. The number of nitrogens with one attached hydrogen (secondary N) is 1. The summed E-state index contributed by atoms with van der Waals surface area (Å²) in [7, 11) is -4.19. The fourth-order valence-electron chi connectivity index (χ4n) is 3.26. The van der Waals surface area contributed by atoms with Gasteiger partial charge in [0.25, 0.3) is 5.91 Å². The number of carbonyl (C=O) groups excluding carboxylic acids is 1. The summed E-state index contributed by atoms with van der Waals surface area (Å²) in [5, 5.41) is 9.96. The van der Waals surface area contributed by atoms with Gasteiger partial charge in [0.2, 0.25) is 10.0 Å². The summed E-state index contributed by atoms with van der Waals surface area (Å²) in [6.07, 6.45) is -3.77. The topological polar surface area (TPSA) is 106 Å². The molecule has 4 rings (SSSR count). The molecule has 2 aromatic heterocycles. The second-order valence-electron chi connectivity index (χ2n) is 7.10. The maximum absolute atomic E-state index is 14.3. The standard InChI is InChI=1S/C19H17F4N5O4S/c20-14-3-1-12(9-15(14)33(30,31)27-5-7-32-8-6-27)18(29)24-10-17-26-25-16-4-2-13(11-28(16)17)19(21,22)23/h1-4,9,11H,5-8,10H2,(H,24,29). The molecule has 0 spiro atoms. The van der Waals surface area contributed by atoms with Crippen molar-refractivity contribution in [1.29, 1.82) is 0 Å². The molecular formula is C19H17F4N5O4S. The molecule has 0 radical (unpaired) electrons. The molecule has 14 heteroatoms. The zero-order valence-electron chi connectivity index (χ0n) is 16.8. The number of benzene rings is 1. The zero-order valence-corrected chi connectivity index (χ0v) is 17.7. The van der Waals surface area contributed by atoms with Crippen molar-refractivity contribution in [3.63, 3.8) is 0 Å².